The second-order valence-electron chi connectivity index (χ2n) is 4.00. The van der Waals surface area contributed by atoms with E-state index in [1.165, 1.54) is 0 Å². The lowest BCUT2D eigenvalue weighted by molar-refractivity contribution is 0.456. The van der Waals surface area contributed by atoms with Crippen LogP contribution >= 0.6 is 11.8 Å². The number of rotatable bonds is 4. The molecule has 1 fully saturated rings. The fourth-order valence-corrected chi connectivity index (χ4v) is 2.64. The molecule has 2 rings (SSSR count). The number of nitrogens with one attached hydrogen (secondary N) is 1. The highest BCUT2D eigenvalue weighted by atomic mass is 32.2. The average molecular weight is 265 g/mol. The third kappa shape index (κ3) is 4.10. The molecule has 0 saturated carbocycles. The van der Waals surface area contributed by atoms with Crippen molar-refractivity contribution < 1.29 is 0 Å². The first-order valence-electron chi connectivity index (χ1n) is 6.13. The predicted octanol–water partition coefficient (Wildman–Crippen LogP) is 0.857. The zero-order valence-corrected chi connectivity index (χ0v) is 11.2. The van der Waals surface area contributed by atoms with Crippen molar-refractivity contribution in [3.8, 4) is 0 Å². The molecule has 1 aliphatic rings. The van der Waals surface area contributed by atoms with Gasteiger partial charge in [-0.1, -0.05) is 0 Å². The topological polar surface area (TPSA) is 66.5 Å². The highest BCUT2D eigenvalue weighted by Gasteiger charge is 2.11. The Morgan fingerprint density at radius 3 is 2.83 bits per heavy atom. The summed E-state index contributed by atoms with van der Waals surface area (Å²) in [4.78, 5) is 10.5. The molecule has 5 nitrogen and oxygen atoms in total. The molecule has 1 aromatic rings. The van der Waals surface area contributed by atoms with Crippen LogP contribution in [0.25, 0.3) is 0 Å². The van der Waals surface area contributed by atoms with Gasteiger partial charge in [0, 0.05) is 49.2 Å². The number of hydrogen-bond donors (Lipinski definition) is 2. The van der Waals surface area contributed by atoms with E-state index < -0.39 is 0 Å². The highest BCUT2D eigenvalue weighted by molar-refractivity contribution is 7.99. The first kappa shape index (κ1) is 13.0. The van der Waals surface area contributed by atoms with Crippen molar-refractivity contribution in [2.24, 2.45) is 10.7 Å². The lowest BCUT2D eigenvalue weighted by atomic mass is 10.4. The second-order valence-corrected chi connectivity index (χ2v) is 5.23. The molecule has 3 N–H and O–H groups in total. The van der Waals surface area contributed by atoms with Gasteiger partial charge in [-0.2, -0.15) is 11.8 Å². The first-order chi connectivity index (χ1) is 8.86. The van der Waals surface area contributed by atoms with Gasteiger partial charge in [0.1, 0.15) is 0 Å². The number of aliphatic imine (C=N–C) groups is 1. The van der Waals surface area contributed by atoms with Gasteiger partial charge in [0.25, 0.3) is 0 Å². The molecule has 1 saturated heterocycles. The Balaban J connectivity index is 1.70. The van der Waals surface area contributed by atoms with Crippen LogP contribution in [0.1, 0.15) is 0 Å². The largest absolute Gasteiger partial charge is 0.383 e. The maximum atomic E-state index is 5.96. The minimum absolute atomic E-state index is 0.673. The van der Waals surface area contributed by atoms with E-state index >= 15 is 0 Å². The van der Waals surface area contributed by atoms with E-state index in [2.05, 4.69) is 20.2 Å². The smallest absolute Gasteiger partial charge is 0.191 e. The molecular formula is C12H19N5S. The molecule has 98 valence electrons. The molecule has 1 aliphatic heterocycles. The van der Waals surface area contributed by atoms with Crippen molar-refractivity contribution in [3.63, 3.8) is 0 Å². The number of hydrogen-bond acceptors (Lipinski definition) is 4. The minimum atomic E-state index is 0.673. The van der Waals surface area contributed by atoms with Crippen molar-refractivity contribution >= 4 is 23.4 Å². The number of pyridine rings is 1. The molecule has 0 amide bonds. The van der Waals surface area contributed by atoms with Crippen molar-refractivity contribution in [3.05, 3.63) is 24.5 Å². The van der Waals surface area contributed by atoms with Crippen molar-refractivity contribution in [1.29, 1.82) is 0 Å². The molecule has 0 aliphatic carbocycles. The van der Waals surface area contributed by atoms with Gasteiger partial charge in [-0.15, -0.1) is 0 Å². The Labute approximate surface area is 112 Å². The molecule has 0 bridgehead atoms. The van der Waals surface area contributed by atoms with Crippen LogP contribution in [-0.4, -0.2) is 53.5 Å². The average Bonchev–Trinajstić information content (AvgIpc) is 2.45. The van der Waals surface area contributed by atoms with Gasteiger partial charge in [-0.3, -0.25) is 9.98 Å². The van der Waals surface area contributed by atoms with Gasteiger partial charge in [-0.05, 0) is 12.1 Å². The number of thioether (sulfide) groups is 1. The lowest BCUT2D eigenvalue weighted by Gasteiger charge is -2.27. The van der Waals surface area contributed by atoms with Gasteiger partial charge in [0.2, 0.25) is 0 Å². The molecule has 0 aromatic carbocycles. The third-order valence-corrected chi connectivity index (χ3v) is 3.67. The Morgan fingerprint density at radius 2 is 2.11 bits per heavy atom. The molecule has 0 unspecified atom stereocenters. The van der Waals surface area contributed by atoms with E-state index in [4.69, 9.17) is 5.73 Å². The van der Waals surface area contributed by atoms with Crippen LogP contribution in [0.5, 0.6) is 0 Å². The summed E-state index contributed by atoms with van der Waals surface area (Å²) in [6.07, 6.45) is 3.54. The van der Waals surface area contributed by atoms with Crippen LogP contribution in [0.2, 0.25) is 0 Å². The first-order valence-corrected chi connectivity index (χ1v) is 7.28. The summed E-state index contributed by atoms with van der Waals surface area (Å²) in [7, 11) is 0. The standard InChI is InChI=1S/C12H19N5S/c13-12(17-7-9-18-10-8-17)16-6-5-15-11-1-3-14-4-2-11/h1-4H,5-10H2,(H2,13,16)(H,14,15). The molecule has 2 heterocycles. The van der Waals surface area contributed by atoms with Crippen molar-refractivity contribution in [2.75, 3.05) is 43.0 Å². The lowest BCUT2D eigenvalue weighted by Crippen LogP contribution is -2.42. The molecule has 0 radical (unpaired) electrons. The predicted molar refractivity (Wildman–Crippen MR) is 78.1 cm³/mol. The van der Waals surface area contributed by atoms with Crippen molar-refractivity contribution in [1.82, 2.24) is 9.88 Å². The number of nitrogens with zero attached hydrogens (tertiary/aromatic N) is 3. The van der Waals surface area contributed by atoms with Gasteiger partial charge in [-0.25, -0.2) is 0 Å². The van der Waals surface area contributed by atoms with Gasteiger partial charge < -0.3 is 16.0 Å². The second kappa shape index (κ2) is 7.10. The maximum Gasteiger partial charge on any atom is 0.191 e. The van der Waals surface area contributed by atoms with Crippen LogP contribution in [0, 0.1) is 0 Å². The molecule has 6 heteroatoms. The maximum absolute atomic E-state index is 5.96. The van der Waals surface area contributed by atoms with E-state index in [0.717, 1.165) is 36.8 Å². The summed E-state index contributed by atoms with van der Waals surface area (Å²) in [6, 6.07) is 3.88. The molecule has 0 spiro atoms. The molecular weight excluding hydrogens is 246 g/mol. The summed E-state index contributed by atoms with van der Waals surface area (Å²) in [5.74, 6) is 2.96. The zero-order chi connectivity index (χ0) is 12.6. The summed E-state index contributed by atoms with van der Waals surface area (Å²) in [5, 5.41) is 3.28. The van der Waals surface area contributed by atoms with Gasteiger partial charge >= 0.3 is 0 Å². The number of aromatic nitrogens is 1. The third-order valence-electron chi connectivity index (χ3n) is 2.73. The van der Waals surface area contributed by atoms with E-state index in [0.29, 0.717) is 12.5 Å². The van der Waals surface area contributed by atoms with Crippen molar-refractivity contribution in [2.45, 2.75) is 0 Å². The summed E-state index contributed by atoms with van der Waals surface area (Å²) >= 11 is 1.97. The van der Waals surface area contributed by atoms with Gasteiger partial charge in [0.05, 0.1) is 6.54 Å². The van der Waals surface area contributed by atoms with Gasteiger partial charge in [0.15, 0.2) is 5.96 Å². The SMILES string of the molecule is NC(=NCCNc1ccncc1)N1CCSCC1. The number of nitrogens with two attached hydrogens (primary N) is 1. The Bertz CT molecular complexity index is 375. The Kier molecular flexibility index (Phi) is 5.14. The zero-order valence-electron chi connectivity index (χ0n) is 10.4. The summed E-state index contributed by atoms with van der Waals surface area (Å²) in [6.45, 7) is 3.50. The molecule has 1 aromatic heterocycles. The van der Waals surface area contributed by atoms with E-state index in [-0.39, 0.29) is 0 Å². The van der Waals surface area contributed by atoms with Crippen LogP contribution in [0.3, 0.4) is 0 Å². The fourth-order valence-electron chi connectivity index (χ4n) is 1.73. The van der Waals surface area contributed by atoms with E-state index in [1.807, 2.05) is 23.9 Å². The van der Waals surface area contributed by atoms with Crippen LogP contribution < -0.4 is 11.1 Å². The Morgan fingerprint density at radius 1 is 1.39 bits per heavy atom. The van der Waals surface area contributed by atoms with Crippen LogP contribution in [0.15, 0.2) is 29.5 Å². The van der Waals surface area contributed by atoms with E-state index in [1.54, 1.807) is 12.4 Å². The van der Waals surface area contributed by atoms with Crippen LogP contribution in [0.4, 0.5) is 5.69 Å². The monoisotopic (exact) mass is 265 g/mol. The highest BCUT2D eigenvalue weighted by Crippen LogP contribution is 2.08. The normalized spacial score (nSPS) is 16.7. The minimum Gasteiger partial charge on any atom is -0.383 e. The van der Waals surface area contributed by atoms with E-state index in [9.17, 15) is 0 Å². The van der Waals surface area contributed by atoms with Crippen LogP contribution in [-0.2, 0) is 0 Å². The Hall–Kier alpha value is -1.43. The molecule has 18 heavy (non-hydrogen) atoms. The number of anilines is 1. The summed E-state index contributed by atoms with van der Waals surface area (Å²) in [5.41, 5.74) is 7.02. The fraction of sp³-hybridized carbons (Fsp3) is 0.500. The number of guanidine groups is 1. The summed E-state index contributed by atoms with van der Waals surface area (Å²) < 4.78 is 0. The quantitative estimate of drug-likeness (QED) is 0.480. The molecule has 0 atom stereocenters.